The van der Waals surface area contributed by atoms with Crippen molar-refractivity contribution >= 4 is 34.9 Å². The molecule has 6 heteroatoms. The quantitative estimate of drug-likeness (QED) is 0.457. The fourth-order valence-corrected chi connectivity index (χ4v) is 2.89. The van der Waals surface area contributed by atoms with Crippen LogP contribution in [0.3, 0.4) is 0 Å². The maximum Gasteiger partial charge on any atom is 0.339 e. The molecule has 3 aromatic rings. The third-order valence-electron chi connectivity index (χ3n) is 4.11. The highest BCUT2D eigenvalue weighted by Crippen LogP contribution is 2.26. The Bertz CT molecular complexity index is 1030. The summed E-state index contributed by atoms with van der Waals surface area (Å²) in [6.07, 6.45) is -1.13. The molecule has 0 unspecified atom stereocenters. The van der Waals surface area contributed by atoms with Gasteiger partial charge in [-0.3, -0.25) is 9.59 Å². The number of rotatable bonds is 6. The normalized spacial score (nSPS) is 11.4. The lowest BCUT2D eigenvalue weighted by Crippen LogP contribution is -2.20. The predicted octanol–water partition coefficient (Wildman–Crippen LogP) is 5.08. The minimum Gasteiger partial charge on any atom is -0.445 e. The summed E-state index contributed by atoms with van der Waals surface area (Å²) in [6.45, 7) is 1.38. The van der Waals surface area contributed by atoms with Gasteiger partial charge in [0.2, 0.25) is 11.7 Å². The number of carbonyl (C=O) groups is 3. The molecule has 0 aromatic heterocycles. The van der Waals surface area contributed by atoms with Crippen LogP contribution in [0.1, 0.15) is 39.3 Å². The van der Waals surface area contributed by atoms with E-state index in [0.717, 1.165) is 0 Å². The number of ether oxygens (including phenoxy) is 1. The van der Waals surface area contributed by atoms with Gasteiger partial charge in [-0.15, -0.1) is 0 Å². The van der Waals surface area contributed by atoms with Gasteiger partial charge in [0.25, 0.3) is 0 Å². The van der Waals surface area contributed by atoms with Crippen LogP contribution in [0.4, 0.5) is 5.69 Å². The molecule has 1 N–H and O–H groups in total. The van der Waals surface area contributed by atoms with Crippen LogP contribution < -0.4 is 5.32 Å². The van der Waals surface area contributed by atoms with Crippen molar-refractivity contribution in [3.05, 3.63) is 101 Å². The number of esters is 1. The van der Waals surface area contributed by atoms with Crippen molar-refractivity contribution in [3.8, 4) is 0 Å². The minimum absolute atomic E-state index is 0.219. The maximum atomic E-state index is 13.0. The molecule has 0 fully saturated rings. The third-order valence-corrected chi connectivity index (χ3v) is 4.36. The second-order valence-corrected chi connectivity index (χ2v) is 6.77. The van der Waals surface area contributed by atoms with E-state index in [1.807, 2.05) is 0 Å². The first kappa shape index (κ1) is 20.3. The van der Waals surface area contributed by atoms with E-state index in [1.165, 1.54) is 13.0 Å². The Morgan fingerprint density at radius 1 is 0.862 bits per heavy atom. The second kappa shape index (κ2) is 9.17. The zero-order chi connectivity index (χ0) is 20.8. The molecule has 1 atom stereocenters. The lowest BCUT2D eigenvalue weighted by Gasteiger charge is -2.18. The van der Waals surface area contributed by atoms with E-state index in [-0.39, 0.29) is 17.3 Å². The van der Waals surface area contributed by atoms with Crippen LogP contribution in [0.15, 0.2) is 78.9 Å². The number of hydrogen-bond donors (Lipinski definition) is 1. The highest BCUT2D eigenvalue weighted by Gasteiger charge is 2.27. The van der Waals surface area contributed by atoms with Crippen molar-refractivity contribution in [2.45, 2.75) is 13.0 Å². The monoisotopic (exact) mass is 407 g/mol. The van der Waals surface area contributed by atoms with E-state index in [4.69, 9.17) is 16.3 Å². The van der Waals surface area contributed by atoms with Crippen molar-refractivity contribution in [2.75, 3.05) is 5.32 Å². The summed E-state index contributed by atoms with van der Waals surface area (Å²) in [5.41, 5.74) is 1.61. The van der Waals surface area contributed by atoms with Gasteiger partial charge in [0.1, 0.15) is 0 Å². The SMILES string of the molecule is CC(=O)Nc1cccc(C(=O)O[C@H](C(=O)c2ccccc2)c2ccc(Cl)cc2)c1. The summed E-state index contributed by atoms with van der Waals surface area (Å²) in [6, 6.07) is 21.5. The number of anilines is 1. The van der Waals surface area contributed by atoms with E-state index in [0.29, 0.717) is 21.8 Å². The van der Waals surface area contributed by atoms with Gasteiger partial charge in [-0.2, -0.15) is 0 Å². The molecule has 1 amide bonds. The Morgan fingerprint density at radius 3 is 2.17 bits per heavy atom. The van der Waals surface area contributed by atoms with E-state index in [2.05, 4.69) is 5.32 Å². The average Bonchev–Trinajstić information content (AvgIpc) is 2.72. The first-order chi connectivity index (χ1) is 13.9. The van der Waals surface area contributed by atoms with Crippen LogP contribution in [-0.4, -0.2) is 17.7 Å². The fourth-order valence-electron chi connectivity index (χ4n) is 2.77. The van der Waals surface area contributed by atoms with Crippen LogP contribution >= 0.6 is 11.6 Å². The topological polar surface area (TPSA) is 72.5 Å². The van der Waals surface area contributed by atoms with Gasteiger partial charge in [0.05, 0.1) is 5.56 Å². The van der Waals surface area contributed by atoms with Crippen LogP contribution in [0.5, 0.6) is 0 Å². The van der Waals surface area contributed by atoms with Gasteiger partial charge in [0, 0.05) is 28.8 Å². The van der Waals surface area contributed by atoms with Crippen LogP contribution in [0, 0.1) is 0 Å². The molecular weight excluding hydrogens is 390 g/mol. The summed E-state index contributed by atoms with van der Waals surface area (Å²) in [7, 11) is 0. The Kier molecular flexibility index (Phi) is 6.42. The highest BCUT2D eigenvalue weighted by atomic mass is 35.5. The summed E-state index contributed by atoms with van der Waals surface area (Å²) < 4.78 is 5.59. The summed E-state index contributed by atoms with van der Waals surface area (Å²) in [5.74, 6) is -1.28. The average molecular weight is 408 g/mol. The zero-order valence-electron chi connectivity index (χ0n) is 15.6. The van der Waals surface area contributed by atoms with Gasteiger partial charge in [-0.25, -0.2) is 4.79 Å². The number of benzene rings is 3. The number of nitrogens with one attached hydrogen (secondary N) is 1. The molecule has 29 heavy (non-hydrogen) atoms. The van der Waals surface area contributed by atoms with Crippen LogP contribution in [-0.2, 0) is 9.53 Å². The molecule has 146 valence electrons. The number of ketones is 1. The molecular formula is C23H18ClNO4. The largest absolute Gasteiger partial charge is 0.445 e. The van der Waals surface area contributed by atoms with Gasteiger partial charge in [-0.05, 0) is 30.3 Å². The van der Waals surface area contributed by atoms with E-state index >= 15 is 0 Å². The molecule has 0 heterocycles. The van der Waals surface area contributed by atoms with Gasteiger partial charge >= 0.3 is 5.97 Å². The lowest BCUT2D eigenvalue weighted by molar-refractivity contribution is -0.114. The highest BCUT2D eigenvalue weighted by molar-refractivity contribution is 6.30. The molecule has 0 bridgehead atoms. The minimum atomic E-state index is -1.13. The summed E-state index contributed by atoms with van der Waals surface area (Å²) in [4.78, 5) is 37.0. The molecule has 0 radical (unpaired) electrons. The van der Waals surface area contributed by atoms with Crippen molar-refractivity contribution in [3.63, 3.8) is 0 Å². The van der Waals surface area contributed by atoms with Crippen molar-refractivity contribution in [2.24, 2.45) is 0 Å². The Hall–Kier alpha value is -3.44. The standard InChI is InChI=1S/C23H18ClNO4/c1-15(26)25-20-9-5-8-18(14-20)23(28)29-22(17-10-12-19(24)13-11-17)21(27)16-6-3-2-4-7-16/h2-14,22H,1H3,(H,25,26)/t22-/m0/s1. The van der Waals surface area contributed by atoms with Gasteiger partial charge < -0.3 is 10.1 Å². The number of amides is 1. The first-order valence-corrected chi connectivity index (χ1v) is 9.25. The molecule has 0 aliphatic rings. The van der Waals surface area contributed by atoms with Crippen molar-refractivity contribution in [1.82, 2.24) is 0 Å². The third kappa shape index (κ3) is 5.30. The Balaban J connectivity index is 1.90. The maximum absolute atomic E-state index is 13.0. The smallest absolute Gasteiger partial charge is 0.339 e. The second-order valence-electron chi connectivity index (χ2n) is 6.33. The van der Waals surface area contributed by atoms with Crippen molar-refractivity contribution < 1.29 is 19.1 Å². The van der Waals surface area contributed by atoms with Crippen molar-refractivity contribution in [1.29, 1.82) is 0 Å². The predicted molar refractivity (Wildman–Crippen MR) is 111 cm³/mol. The van der Waals surface area contributed by atoms with Crippen LogP contribution in [0.25, 0.3) is 0 Å². The van der Waals surface area contributed by atoms with Gasteiger partial charge in [-0.1, -0.05) is 60.1 Å². The summed E-state index contributed by atoms with van der Waals surface area (Å²) >= 11 is 5.95. The zero-order valence-corrected chi connectivity index (χ0v) is 16.3. The molecule has 3 rings (SSSR count). The number of halogens is 1. The van der Waals surface area contributed by atoms with Gasteiger partial charge in [0.15, 0.2) is 6.10 Å². The number of hydrogen-bond acceptors (Lipinski definition) is 4. The fraction of sp³-hybridized carbons (Fsp3) is 0.0870. The number of Topliss-reactive ketones (excluding diaryl/α,β-unsaturated/α-hetero) is 1. The molecule has 0 aliphatic carbocycles. The van der Waals surface area contributed by atoms with Crippen LogP contribution in [0.2, 0.25) is 5.02 Å². The first-order valence-electron chi connectivity index (χ1n) is 8.87. The molecule has 0 aliphatic heterocycles. The van der Waals surface area contributed by atoms with E-state index in [1.54, 1.807) is 72.8 Å². The molecule has 0 saturated heterocycles. The van der Waals surface area contributed by atoms with E-state index < -0.39 is 12.1 Å². The molecule has 0 saturated carbocycles. The molecule has 5 nitrogen and oxygen atoms in total. The van der Waals surface area contributed by atoms with E-state index in [9.17, 15) is 14.4 Å². The molecule has 0 spiro atoms. The lowest BCUT2D eigenvalue weighted by atomic mass is 9.99. The Labute approximate surface area is 173 Å². The summed E-state index contributed by atoms with van der Waals surface area (Å²) in [5, 5.41) is 3.12. The Morgan fingerprint density at radius 2 is 1.52 bits per heavy atom. The molecule has 3 aromatic carbocycles. The number of carbonyl (C=O) groups excluding carboxylic acids is 3.